The fourth-order valence-electron chi connectivity index (χ4n) is 0.744. The minimum Gasteiger partial charge on any atom is -0.501 e. The molecular formula is C6H5ClN2O3. The van der Waals surface area contributed by atoms with E-state index in [0.29, 0.717) is 0 Å². The Hall–Kier alpha value is -1.49. The molecule has 5 nitrogen and oxygen atoms in total. The number of anilines is 1. The first kappa shape index (κ1) is 8.61. The largest absolute Gasteiger partial charge is 0.501 e. The van der Waals surface area contributed by atoms with Gasteiger partial charge in [0.15, 0.2) is 0 Å². The molecule has 0 heterocycles. The van der Waals surface area contributed by atoms with Crippen LogP contribution < -0.4 is 5.73 Å². The van der Waals surface area contributed by atoms with Crippen LogP contribution in [0, 0.1) is 10.1 Å². The molecule has 64 valence electrons. The summed E-state index contributed by atoms with van der Waals surface area (Å²) in [7, 11) is 0. The van der Waals surface area contributed by atoms with Crippen LogP contribution in [-0.4, -0.2) is 10.0 Å². The molecule has 0 unspecified atom stereocenters. The van der Waals surface area contributed by atoms with Gasteiger partial charge in [-0.05, 0) is 12.1 Å². The van der Waals surface area contributed by atoms with Gasteiger partial charge in [-0.2, -0.15) is 0 Å². The van der Waals surface area contributed by atoms with E-state index in [-0.39, 0.29) is 10.7 Å². The Morgan fingerprint density at radius 3 is 2.58 bits per heavy atom. The van der Waals surface area contributed by atoms with Crippen LogP contribution in [0.4, 0.5) is 11.4 Å². The van der Waals surface area contributed by atoms with E-state index in [1.807, 2.05) is 0 Å². The Kier molecular flexibility index (Phi) is 2.05. The van der Waals surface area contributed by atoms with Gasteiger partial charge in [0.1, 0.15) is 5.02 Å². The molecule has 1 aromatic carbocycles. The van der Waals surface area contributed by atoms with Gasteiger partial charge in [-0.3, -0.25) is 10.1 Å². The maximum atomic E-state index is 10.3. The predicted molar refractivity (Wildman–Crippen MR) is 44.2 cm³/mol. The van der Waals surface area contributed by atoms with Gasteiger partial charge in [0.25, 0.3) is 0 Å². The highest BCUT2D eigenvalue weighted by molar-refractivity contribution is 6.33. The van der Waals surface area contributed by atoms with Gasteiger partial charge in [0.05, 0.1) is 10.6 Å². The third-order valence-electron chi connectivity index (χ3n) is 1.32. The van der Waals surface area contributed by atoms with E-state index in [1.54, 1.807) is 0 Å². The maximum absolute atomic E-state index is 10.3. The molecule has 12 heavy (non-hydrogen) atoms. The number of nitro groups is 1. The standard InChI is InChI=1S/C6H5ClN2O3/c7-3-1-2-4(8)6(10)5(3)9(11)12/h1-2,10H,8H2. The molecule has 0 atom stereocenters. The number of rotatable bonds is 1. The minimum atomic E-state index is -0.784. The molecular weight excluding hydrogens is 184 g/mol. The number of phenols is 1. The summed E-state index contributed by atoms with van der Waals surface area (Å²) in [5.74, 6) is -0.590. The summed E-state index contributed by atoms with van der Waals surface area (Å²) in [5, 5.41) is 19.3. The second-order valence-electron chi connectivity index (χ2n) is 2.09. The van der Waals surface area contributed by atoms with Crippen LogP contribution in [-0.2, 0) is 0 Å². The first-order valence-electron chi connectivity index (χ1n) is 2.95. The van der Waals surface area contributed by atoms with Crippen LogP contribution in [0.25, 0.3) is 0 Å². The van der Waals surface area contributed by atoms with E-state index < -0.39 is 16.4 Å². The highest BCUT2D eigenvalue weighted by Crippen LogP contribution is 2.37. The minimum absolute atomic E-state index is 0.0638. The predicted octanol–water partition coefficient (Wildman–Crippen LogP) is 1.54. The summed E-state index contributed by atoms with van der Waals surface area (Å²) >= 11 is 5.44. The van der Waals surface area contributed by atoms with E-state index in [9.17, 15) is 10.1 Å². The van der Waals surface area contributed by atoms with Gasteiger partial charge >= 0.3 is 5.69 Å². The van der Waals surface area contributed by atoms with Crippen LogP contribution in [0.3, 0.4) is 0 Å². The molecule has 0 fully saturated rings. The van der Waals surface area contributed by atoms with Gasteiger partial charge in [-0.1, -0.05) is 11.6 Å². The lowest BCUT2D eigenvalue weighted by atomic mass is 10.2. The molecule has 0 radical (unpaired) electrons. The monoisotopic (exact) mass is 188 g/mol. The number of hydrogen-bond acceptors (Lipinski definition) is 4. The number of halogens is 1. The van der Waals surface area contributed by atoms with E-state index in [2.05, 4.69) is 0 Å². The molecule has 0 aliphatic heterocycles. The Morgan fingerprint density at radius 2 is 2.17 bits per heavy atom. The molecule has 1 aromatic rings. The van der Waals surface area contributed by atoms with E-state index >= 15 is 0 Å². The molecule has 0 aromatic heterocycles. The smallest absolute Gasteiger partial charge is 0.331 e. The molecule has 0 aliphatic carbocycles. The van der Waals surface area contributed by atoms with E-state index in [0.717, 1.165) is 0 Å². The van der Waals surface area contributed by atoms with Gasteiger partial charge in [-0.15, -0.1) is 0 Å². The molecule has 0 bridgehead atoms. The number of aromatic hydroxyl groups is 1. The molecule has 1 rings (SSSR count). The first-order chi connectivity index (χ1) is 5.54. The molecule has 6 heteroatoms. The summed E-state index contributed by atoms with van der Waals surface area (Å²) < 4.78 is 0. The lowest BCUT2D eigenvalue weighted by molar-refractivity contribution is -0.385. The number of hydrogen-bond donors (Lipinski definition) is 2. The zero-order chi connectivity index (χ0) is 9.30. The van der Waals surface area contributed by atoms with Gasteiger partial charge in [0.2, 0.25) is 5.75 Å². The van der Waals surface area contributed by atoms with Gasteiger partial charge < -0.3 is 10.8 Å². The van der Waals surface area contributed by atoms with Gasteiger partial charge in [-0.25, -0.2) is 0 Å². The molecule has 0 aliphatic rings. The molecule has 0 amide bonds. The van der Waals surface area contributed by atoms with Crippen molar-refractivity contribution in [2.75, 3.05) is 5.73 Å². The summed E-state index contributed by atoms with van der Waals surface area (Å²) in [5.41, 5.74) is 4.59. The van der Waals surface area contributed by atoms with Crippen LogP contribution >= 0.6 is 11.6 Å². The van der Waals surface area contributed by atoms with Crippen molar-refractivity contribution in [2.45, 2.75) is 0 Å². The van der Waals surface area contributed by atoms with Crippen LogP contribution in [0.1, 0.15) is 0 Å². The molecule has 3 N–H and O–H groups in total. The lowest BCUT2D eigenvalue weighted by Crippen LogP contribution is -1.93. The molecule has 0 saturated heterocycles. The number of phenolic OH excluding ortho intramolecular Hbond substituents is 1. The van der Waals surface area contributed by atoms with Crippen molar-refractivity contribution in [1.29, 1.82) is 0 Å². The van der Waals surface area contributed by atoms with Crippen LogP contribution in [0.5, 0.6) is 5.75 Å². The maximum Gasteiger partial charge on any atom is 0.331 e. The van der Waals surface area contributed by atoms with Crippen molar-refractivity contribution < 1.29 is 10.0 Å². The second kappa shape index (κ2) is 2.86. The molecule has 0 saturated carbocycles. The first-order valence-corrected chi connectivity index (χ1v) is 3.33. The average Bonchev–Trinajstić information content (AvgIpc) is 1.97. The average molecular weight is 189 g/mol. The zero-order valence-electron chi connectivity index (χ0n) is 5.82. The van der Waals surface area contributed by atoms with Crippen LogP contribution in [0.2, 0.25) is 5.02 Å². The van der Waals surface area contributed by atoms with E-state index in [4.69, 9.17) is 22.4 Å². The third kappa shape index (κ3) is 1.26. The number of nitro benzene ring substituents is 1. The summed E-state index contributed by atoms with van der Waals surface area (Å²) in [6, 6.07) is 2.55. The Bertz CT molecular complexity index is 340. The lowest BCUT2D eigenvalue weighted by Gasteiger charge is -2.00. The quantitative estimate of drug-likeness (QED) is 0.303. The van der Waals surface area contributed by atoms with Crippen molar-refractivity contribution in [1.82, 2.24) is 0 Å². The number of benzene rings is 1. The zero-order valence-corrected chi connectivity index (χ0v) is 6.58. The fourth-order valence-corrected chi connectivity index (χ4v) is 0.966. The summed E-state index contributed by atoms with van der Waals surface area (Å²) in [6.07, 6.45) is 0. The van der Waals surface area contributed by atoms with Crippen molar-refractivity contribution in [2.24, 2.45) is 0 Å². The van der Waals surface area contributed by atoms with Gasteiger partial charge in [0, 0.05) is 0 Å². The SMILES string of the molecule is Nc1ccc(Cl)c([N+](=O)[O-])c1O. The van der Waals surface area contributed by atoms with Crippen LogP contribution in [0.15, 0.2) is 12.1 Å². The second-order valence-corrected chi connectivity index (χ2v) is 2.50. The number of nitrogen functional groups attached to an aromatic ring is 1. The van der Waals surface area contributed by atoms with E-state index in [1.165, 1.54) is 12.1 Å². The summed E-state index contributed by atoms with van der Waals surface area (Å²) in [4.78, 5) is 9.52. The highest BCUT2D eigenvalue weighted by Gasteiger charge is 2.20. The number of nitrogens with two attached hydrogens (primary N) is 1. The molecule has 0 spiro atoms. The Morgan fingerprint density at radius 1 is 1.58 bits per heavy atom. The Labute approximate surface area is 72.5 Å². The summed E-state index contributed by atoms with van der Waals surface area (Å²) in [6.45, 7) is 0. The highest BCUT2D eigenvalue weighted by atomic mass is 35.5. The van der Waals surface area contributed by atoms with Crippen molar-refractivity contribution in [3.8, 4) is 5.75 Å². The fraction of sp³-hybridized carbons (Fsp3) is 0. The Balaban J connectivity index is 3.43. The van der Waals surface area contributed by atoms with Crippen molar-refractivity contribution >= 4 is 23.0 Å². The topological polar surface area (TPSA) is 89.4 Å². The normalized spacial score (nSPS) is 9.75. The third-order valence-corrected chi connectivity index (χ3v) is 1.62. The van der Waals surface area contributed by atoms with Crippen molar-refractivity contribution in [3.05, 3.63) is 27.3 Å². The number of nitrogens with zero attached hydrogens (tertiary/aromatic N) is 1. The van der Waals surface area contributed by atoms with Crippen molar-refractivity contribution in [3.63, 3.8) is 0 Å².